The van der Waals surface area contributed by atoms with Gasteiger partial charge in [-0.3, -0.25) is 14.4 Å². The SMILES string of the molecule is CCOC(=O)C1CCCN(C(=O)CN(C)C(=O)c2ccn(-c3cccc(F)c3)n2)C1. The lowest BCUT2D eigenvalue weighted by molar-refractivity contribution is -0.151. The van der Waals surface area contributed by atoms with Crippen molar-refractivity contribution in [3.8, 4) is 5.69 Å². The Balaban J connectivity index is 1.60. The molecule has 2 amide bonds. The first-order valence-electron chi connectivity index (χ1n) is 9.90. The number of hydrogen-bond acceptors (Lipinski definition) is 5. The second-order valence-corrected chi connectivity index (χ2v) is 7.22. The second kappa shape index (κ2) is 9.51. The van der Waals surface area contributed by atoms with Gasteiger partial charge in [0.2, 0.25) is 5.91 Å². The Morgan fingerprint density at radius 3 is 2.83 bits per heavy atom. The van der Waals surface area contributed by atoms with Gasteiger partial charge in [0, 0.05) is 26.3 Å². The van der Waals surface area contributed by atoms with Gasteiger partial charge in [-0.05, 0) is 44.0 Å². The van der Waals surface area contributed by atoms with E-state index in [1.807, 2.05) is 0 Å². The van der Waals surface area contributed by atoms with E-state index < -0.39 is 11.7 Å². The summed E-state index contributed by atoms with van der Waals surface area (Å²) in [6, 6.07) is 7.39. The van der Waals surface area contributed by atoms with Gasteiger partial charge in [0.05, 0.1) is 24.8 Å². The monoisotopic (exact) mass is 416 g/mol. The lowest BCUT2D eigenvalue weighted by Gasteiger charge is -2.32. The van der Waals surface area contributed by atoms with Crippen molar-refractivity contribution in [2.75, 3.05) is 33.3 Å². The number of likely N-dealkylation sites (tertiary alicyclic amines) is 1. The summed E-state index contributed by atoms with van der Waals surface area (Å²) in [6.07, 6.45) is 2.96. The number of benzene rings is 1. The van der Waals surface area contributed by atoms with Gasteiger partial charge in [0.25, 0.3) is 5.91 Å². The Labute approximate surface area is 174 Å². The molecule has 0 aliphatic carbocycles. The zero-order valence-corrected chi connectivity index (χ0v) is 17.1. The maximum Gasteiger partial charge on any atom is 0.310 e. The Kier molecular flexibility index (Phi) is 6.81. The number of carbonyl (C=O) groups excluding carboxylic acids is 3. The van der Waals surface area contributed by atoms with Gasteiger partial charge in [0.15, 0.2) is 5.69 Å². The number of amides is 2. The fourth-order valence-corrected chi connectivity index (χ4v) is 3.43. The molecule has 0 spiro atoms. The van der Waals surface area contributed by atoms with E-state index in [0.29, 0.717) is 38.2 Å². The maximum atomic E-state index is 13.4. The molecule has 30 heavy (non-hydrogen) atoms. The molecule has 160 valence electrons. The van der Waals surface area contributed by atoms with E-state index in [9.17, 15) is 18.8 Å². The zero-order chi connectivity index (χ0) is 21.7. The summed E-state index contributed by atoms with van der Waals surface area (Å²) < 4.78 is 19.9. The Morgan fingerprint density at radius 2 is 2.10 bits per heavy atom. The van der Waals surface area contributed by atoms with Crippen LogP contribution in [-0.2, 0) is 14.3 Å². The maximum absolute atomic E-state index is 13.4. The van der Waals surface area contributed by atoms with Crippen molar-refractivity contribution in [2.24, 2.45) is 5.92 Å². The molecule has 2 heterocycles. The van der Waals surface area contributed by atoms with Gasteiger partial charge in [-0.2, -0.15) is 5.10 Å². The van der Waals surface area contributed by atoms with Crippen molar-refractivity contribution < 1.29 is 23.5 Å². The number of likely N-dealkylation sites (N-methyl/N-ethyl adjacent to an activating group) is 1. The van der Waals surface area contributed by atoms with Crippen LogP contribution in [0.2, 0.25) is 0 Å². The average Bonchev–Trinajstić information content (AvgIpc) is 3.23. The molecule has 0 radical (unpaired) electrons. The molecular weight excluding hydrogens is 391 g/mol. The number of esters is 1. The molecule has 1 aliphatic rings. The molecule has 1 atom stereocenters. The molecule has 1 saturated heterocycles. The number of hydrogen-bond donors (Lipinski definition) is 0. The van der Waals surface area contributed by atoms with E-state index in [1.165, 1.54) is 34.8 Å². The summed E-state index contributed by atoms with van der Waals surface area (Å²) in [5.74, 6) is -1.67. The van der Waals surface area contributed by atoms with Gasteiger partial charge in [0.1, 0.15) is 5.82 Å². The molecule has 1 aliphatic heterocycles. The van der Waals surface area contributed by atoms with E-state index in [0.717, 1.165) is 0 Å². The number of nitrogens with zero attached hydrogens (tertiary/aromatic N) is 4. The summed E-state index contributed by atoms with van der Waals surface area (Å²) in [4.78, 5) is 40.2. The number of ether oxygens (including phenoxy) is 1. The third-order valence-corrected chi connectivity index (χ3v) is 4.99. The van der Waals surface area contributed by atoms with Crippen LogP contribution in [0.15, 0.2) is 36.5 Å². The Hall–Kier alpha value is -3.23. The molecule has 3 rings (SSSR count). The van der Waals surface area contributed by atoms with Crippen LogP contribution in [0, 0.1) is 11.7 Å². The highest BCUT2D eigenvalue weighted by Crippen LogP contribution is 2.18. The average molecular weight is 416 g/mol. The predicted octanol–water partition coefficient (Wildman–Crippen LogP) is 1.89. The smallest absolute Gasteiger partial charge is 0.310 e. The van der Waals surface area contributed by atoms with Crippen LogP contribution < -0.4 is 0 Å². The van der Waals surface area contributed by atoms with Crippen molar-refractivity contribution in [3.05, 3.63) is 48.0 Å². The summed E-state index contributed by atoms with van der Waals surface area (Å²) in [5, 5.41) is 4.19. The van der Waals surface area contributed by atoms with Crippen LogP contribution >= 0.6 is 0 Å². The van der Waals surface area contributed by atoms with Crippen LogP contribution in [0.4, 0.5) is 4.39 Å². The highest BCUT2D eigenvalue weighted by Gasteiger charge is 2.30. The predicted molar refractivity (Wildman–Crippen MR) is 106 cm³/mol. The van der Waals surface area contributed by atoms with Crippen LogP contribution in [0.1, 0.15) is 30.3 Å². The number of carbonyl (C=O) groups is 3. The highest BCUT2D eigenvalue weighted by atomic mass is 19.1. The van der Waals surface area contributed by atoms with E-state index >= 15 is 0 Å². The third-order valence-electron chi connectivity index (χ3n) is 4.99. The fraction of sp³-hybridized carbons (Fsp3) is 0.429. The van der Waals surface area contributed by atoms with Crippen molar-refractivity contribution in [2.45, 2.75) is 19.8 Å². The third kappa shape index (κ3) is 5.03. The highest BCUT2D eigenvalue weighted by molar-refractivity contribution is 5.94. The van der Waals surface area contributed by atoms with Crippen LogP contribution in [0.25, 0.3) is 5.69 Å². The first-order chi connectivity index (χ1) is 14.4. The van der Waals surface area contributed by atoms with E-state index in [4.69, 9.17) is 4.74 Å². The zero-order valence-electron chi connectivity index (χ0n) is 17.1. The topological polar surface area (TPSA) is 84.7 Å². The van der Waals surface area contributed by atoms with E-state index in [2.05, 4.69) is 5.10 Å². The lowest BCUT2D eigenvalue weighted by Crippen LogP contribution is -2.47. The molecule has 0 saturated carbocycles. The molecule has 1 aromatic heterocycles. The van der Waals surface area contributed by atoms with Crippen molar-refractivity contribution in [3.63, 3.8) is 0 Å². The number of rotatable bonds is 6. The summed E-state index contributed by atoms with van der Waals surface area (Å²) >= 11 is 0. The quantitative estimate of drug-likeness (QED) is 0.672. The molecule has 0 bridgehead atoms. The second-order valence-electron chi connectivity index (χ2n) is 7.22. The van der Waals surface area contributed by atoms with Gasteiger partial charge in [-0.25, -0.2) is 9.07 Å². The van der Waals surface area contributed by atoms with E-state index in [1.54, 1.807) is 30.2 Å². The molecule has 2 aromatic rings. The van der Waals surface area contributed by atoms with Gasteiger partial charge < -0.3 is 14.5 Å². The van der Waals surface area contributed by atoms with Gasteiger partial charge in [-0.15, -0.1) is 0 Å². The standard InChI is InChI=1S/C21H25FN4O4/c1-3-30-21(29)15-6-5-10-25(13-15)19(27)14-24(2)20(28)18-9-11-26(23-18)17-8-4-7-16(22)12-17/h4,7-9,11-12,15H,3,5-6,10,13-14H2,1-2H3. The number of piperidine rings is 1. The molecule has 1 aromatic carbocycles. The largest absolute Gasteiger partial charge is 0.466 e. The minimum atomic E-state index is -0.419. The molecule has 1 unspecified atom stereocenters. The first kappa shape index (κ1) is 21.5. The summed E-state index contributed by atoms with van der Waals surface area (Å²) in [6.45, 7) is 2.78. The van der Waals surface area contributed by atoms with Crippen LogP contribution in [0.5, 0.6) is 0 Å². The van der Waals surface area contributed by atoms with Gasteiger partial charge >= 0.3 is 5.97 Å². The Bertz CT molecular complexity index is 929. The summed E-state index contributed by atoms with van der Waals surface area (Å²) in [7, 11) is 1.52. The molecule has 9 heteroatoms. The van der Waals surface area contributed by atoms with Crippen LogP contribution in [-0.4, -0.2) is 70.7 Å². The normalized spacial score (nSPS) is 16.2. The number of halogens is 1. The lowest BCUT2D eigenvalue weighted by atomic mass is 9.98. The van der Waals surface area contributed by atoms with Crippen LogP contribution in [0.3, 0.4) is 0 Å². The summed E-state index contributed by atoms with van der Waals surface area (Å²) in [5.41, 5.74) is 0.642. The van der Waals surface area contributed by atoms with Crippen molar-refractivity contribution in [1.29, 1.82) is 0 Å². The molecule has 8 nitrogen and oxygen atoms in total. The molecule has 1 fully saturated rings. The minimum Gasteiger partial charge on any atom is -0.466 e. The molecular formula is C21H25FN4O4. The van der Waals surface area contributed by atoms with Crippen molar-refractivity contribution >= 4 is 17.8 Å². The Morgan fingerprint density at radius 1 is 1.30 bits per heavy atom. The van der Waals surface area contributed by atoms with Gasteiger partial charge in [-0.1, -0.05) is 6.07 Å². The minimum absolute atomic E-state index is 0.124. The van der Waals surface area contributed by atoms with Crippen molar-refractivity contribution in [1.82, 2.24) is 19.6 Å². The number of aromatic nitrogens is 2. The fourth-order valence-electron chi connectivity index (χ4n) is 3.43. The molecule has 0 N–H and O–H groups in total. The van der Waals surface area contributed by atoms with E-state index in [-0.39, 0.29) is 30.0 Å². The first-order valence-corrected chi connectivity index (χ1v) is 9.90.